The SMILES string of the molecule is CC(C)C(NC(=O)C(N)CCC(=O)O)C(=O)NC(C(=O)NC(CC(=O)O)C(=O)O)C(C)O. The van der Waals surface area contributed by atoms with E-state index < -0.39 is 78.2 Å². The summed E-state index contributed by atoms with van der Waals surface area (Å²) in [4.78, 5) is 69.8. The minimum absolute atomic E-state index is 0.174. The molecule has 0 aromatic carbocycles. The molecule has 0 saturated heterocycles. The van der Waals surface area contributed by atoms with Crippen LogP contribution in [0.5, 0.6) is 0 Å². The quantitative estimate of drug-likeness (QED) is 0.131. The minimum atomic E-state index is -1.80. The van der Waals surface area contributed by atoms with Crippen LogP contribution in [0.2, 0.25) is 0 Å². The summed E-state index contributed by atoms with van der Waals surface area (Å²) in [7, 11) is 0. The Kier molecular flexibility index (Phi) is 11.9. The van der Waals surface area contributed by atoms with E-state index in [4.69, 9.17) is 21.1 Å². The van der Waals surface area contributed by atoms with Gasteiger partial charge in [0.1, 0.15) is 18.1 Å². The van der Waals surface area contributed by atoms with Gasteiger partial charge in [-0.2, -0.15) is 0 Å². The van der Waals surface area contributed by atoms with E-state index >= 15 is 0 Å². The first-order valence-electron chi connectivity index (χ1n) is 9.68. The Morgan fingerprint density at radius 3 is 1.69 bits per heavy atom. The molecule has 0 saturated carbocycles. The molecule has 32 heavy (non-hydrogen) atoms. The van der Waals surface area contributed by atoms with Crippen LogP contribution in [-0.4, -0.2) is 86.3 Å². The Labute approximate surface area is 183 Å². The summed E-state index contributed by atoms with van der Waals surface area (Å²) in [6, 6.07) is -5.88. The molecule has 9 N–H and O–H groups in total. The maximum atomic E-state index is 12.7. The van der Waals surface area contributed by atoms with Crippen LogP contribution in [0.25, 0.3) is 0 Å². The Bertz CT molecular complexity index is 725. The standard InChI is InChI=1S/C18H30N4O10/c1-7(2)13(21-15(28)9(19)4-5-11(24)25)16(29)22-14(8(3)23)17(30)20-10(18(31)32)6-12(26)27/h7-10,13-14,23H,4-6,19H2,1-3H3,(H,20,30)(H,21,28)(H,22,29)(H,24,25)(H,26,27)(H,31,32). The Morgan fingerprint density at radius 1 is 0.781 bits per heavy atom. The van der Waals surface area contributed by atoms with Crippen LogP contribution in [0.4, 0.5) is 0 Å². The summed E-state index contributed by atoms with van der Waals surface area (Å²) >= 11 is 0. The number of nitrogens with one attached hydrogen (secondary N) is 3. The number of amides is 3. The van der Waals surface area contributed by atoms with E-state index in [1.165, 1.54) is 0 Å². The van der Waals surface area contributed by atoms with Crippen molar-refractivity contribution in [2.24, 2.45) is 11.7 Å². The van der Waals surface area contributed by atoms with Gasteiger partial charge in [0.15, 0.2) is 0 Å². The van der Waals surface area contributed by atoms with Crippen LogP contribution in [0.15, 0.2) is 0 Å². The summed E-state index contributed by atoms with van der Waals surface area (Å²) in [5.74, 6) is -7.62. The molecule has 0 aromatic rings. The van der Waals surface area contributed by atoms with Gasteiger partial charge >= 0.3 is 17.9 Å². The van der Waals surface area contributed by atoms with E-state index in [9.17, 15) is 33.9 Å². The summed E-state index contributed by atoms with van der Waals surface area (Å²) < 4.78 is 0. The van der Waals surface area contributed by atoms with E-state index in [0.717, 1.165) is 6.92 Å². The molecular formula is C18H30N4O10. The summed E-state index contributed by atoms with van der Waals surface area (Å²) in [5.41, 5.74) is 5.62. The highest BCUT2D eigenvalue weighted by Gasteiger charge is 2.34. The average Bonchev–Trinajstić information content (AvgIpc) is 2.66. The highest BCUT2D eigenvalue weighted by atomic mass is 16.4. The van der Waals surface area contributed by atoms with Crippen molar-refractivity contribution in [2.45, 2.75) is 70.3 Å². The molecule has 0 aliphatic carbocycles. The zero-order chi connectivity index (χ0) is 25.2. The van der Waals surface area contributed by atoms with Gasteiger partial charge < -0.3 is 42.1 Å². The third-order valence-corrected chi connectivity index (χ3v) is 4.31. The first-order valence-corrected chi connectivity index (χ1v) is 9.68. The Morgan fingerprint density at radius 2 is 1.28 bits per heavy atom. The van der Waals surface area contributed by atoms with Gasteiger partial charge in [0.2, 0.25) is 17.7 Å². The van der Waals surface area contributed by atoms with Crippen molar-refractivity contribution < 1.29 is 49.2 Å². The van der Waals surface area contributed by atoms with Gasteiger partial charge in [-0.05, 0) is 19.3 Å². The minimum Gasteiger partial charge on any atom is -0.481 e. The summed E-state index contributed by atoms with van der Waals surface area (Å²) in [6.45, 7) is 4.28. The molecule has 0 spiro atoms. The highest BCUT2D eigenvalue weighted by molar-refractivity contribution is 5.95. The molecule has 0 bridgehead atoms. The maximum absolute atomic E-state index is 12.7. The van der Waals surface area contributed by atoms with Gasteiger partial charge in [-0.15, -0.1) is 0 Å². The fraction of sp³-hybridized carbons (Fsp3) is 0.667. The fourth-order valence-electron chi connectivity index (χ4n) is 2.49. The Balaban J connectivity index is 5.33. The molecule has 182 valence electrons. The van der Waals surface area contributed by atoms with Crippen molar-refractivity contribution in [3.63, 3.8) is 0 Å². The van der Waals surface area contributed by atoms with Crippen molar-refractivity contribution in [1.82, 2.24) is 16.0 Å². The molecule has 14 heteroatoms. The van der Waals surface area contributed by atoms with Gasteiger partial charge in [-0.3, -0.25) is 24.0 Å². The molecule has 3 amide bonds. The van der Waals surface area contributed by atoms with Crippen molar-refractivity contribution in [2.75, 3.05) is 0 Å². The van der Waals surface area contributed by atoms with Gasteiger partial charge in [-0.25, -0.2) is 4.79 Å². The summed E-state index contributed by atoms with van der Waals surface area (Å²) in [5, 5.41) is 42.8. The number of hydrogen-bond acceptors (Lipinski definition) is 8. The first-order chi connectivity index (χ1) is 14.7. The smallest absolute Gasteiger partial charge is 0.326 e. The number of carboxylic acid groups (broad SMARTS) is 3. The molecule has 0 aliphatic rings. The second kappa shape index (κ2) is 13.2. The first kappa shape index (κ1) is 28.7. The lowest BCUT2D eigenvalue weighted by molar-refractivity contribution is -0.148. The lowest BCUT2D eigenvalue weighted by Gasteiger charge is -2.27. The maximum Gasteiger partial charge on any atom is 0.326 e. The van der Waals surface area contributed by atoms with Crippen LogP contribution in [0.1, 0.15) is 40.0 Å². The van der Waals surface area contributed by atoms with E-state index in [2.05, 4.69) is 10.6 Å². The number of carbonyl (C=O) groups is 6. The van der Waals surface area contributed by atoms with Gasteiger partial charge in [-0.1, -0.05) is 13.8 Å². The summed E-state index contributed by atoms with van der Waals surface area (Å²) in [6.07, 6.45) is -2.97. The second-order valence-corrected chi connectivity index (χ2v) is 7.49. The topological polar surface area (TPSA) is 245 Å². The molecular weight excluding hydrogens is 432 g/mol. The van der Waals surface area contributed by atoms with E-state index in [0.29, 0.717) is 0 Å². The molecule has 0 rings (SSSR count). The predicted molar refractivity (Wildman–Crippen MR) is 107 cm³/mol. The lowest BCUT2D eigenvalue weighted by atomic mass is 10.0. The molecule has 0 aliphatic heterocycles. The van der Waals surface area contributed by atoms with Crippen molar-refractivity contribution >= 4 is 35.6 Å². The van der Waals surface area contributed by atoms with Crippen LogP contribution < -0.4 is 21.7 Å². The second-order valence-electron chi connectivity index (χ2n) is 7.49. The number of carboxylic acids is 3. The fourth-order valence-corrected chi connectivity index (χ4v) is 2.49. The third kappa shape index (κ3) is 10.2. The molecule has 0 radical (unpaired) electrons. The number of rotatable bonds is 14. The lowest BCUT2D eigenvalue weighted by Crippen LogP contribution is -2.60. The van der Waals surface area contributed by atoms with E-state index in [1.54, 1.807) is 13.8 Å². The number of aliphatic hydroxyl groups excluding tert-OH is 1. The van der Waals surface area contributed by atoms with Crippen LogP contribution in [0.3, 0.4) is 0 Å². The normalized spacial score (nSPS) is 15.6. The van der Waals surface area contributed by atoms with Crippen molar-refractivity contribution in [1.29, 1.82) is 0 Å². The monoisotopic (exact) mass is 462 g/mol. The molecule has 0 aromatic heterocycles. The molecule has 0 heterocycles. The number of aliphatic hydroxyl groups is 1. The molecule has 0 fully saturated rings. The zero-order valence-electron chi connectivity index (χ0n) is 17.9. The Hall–Kier alpha value is -3.26. The van der Waals surface area contributed by atoms with Crippen LogP contribution >= 0.6 is 0 Å². The highest BCUT2D eigenvalue weighted by Crippen LogP contribution is 2.06. The molecule has 14 nitrogen and oxygen atoms in total. The van der Waals surface area contributed by atoms with Crippen molar-refractivity contribution in [3.05, 3.63) is 0 Å². The molecule has 5 unspecified atom stereocenters. The largest absolute Gasteiger partial charge is 0.481 e. The number of carbonyl (C=O) groups excluding carboxylic acids is 3. The van der Waals surface area contributed by atoms with Crippen LogP contribution in [-0.2, 0) is 28.8 Å². The van der Waals surface area contributed by atoms with E-state index in [-0.39, 0.29) is 12.8 Å². The zero-order valence-corrected chi connectivity index (χ0v) is 17.9. The van der Waals surface area contributed by atoms with Gasteiger partial charge in [0.05, 0.1) is 18.6 Å². The van der Waals surface area contributed by atoms with Crippen LogP contribution in [0, 0.1) is 5.92 Å². The molecule has 5 atom stereocenters. The van der Waals surface area contributed by atoms with Crippen molar-refractivity contribution in [3.8, 4) is 0 Å². The third-order valence-electron chi connectivity index (χ3n) is 4.31. The average molecular weight is 462 g/mol. The number of nitrogens with two attached hydrogens (primary N) is 1. The van der Waals surface area contributed by atoms with Gasteiger partial charge in [0.25, 0.3) is 0 Å². The van der Waals surface area contributed by atoms with E-state index in [1.807, 2.05) is 5.32 Å². The van der Waals surface area contributed by atoms with Gasteiger partial charge in [0, 0.05) is 6.42 Å². The number of hydrogen-bond donors (Lipinski definition) is 8. The number of aliphatic carboxylic acids is 3. The predicted octanol–water partition coefficient (Wildman–Crippen LogP) is -2.77.